The van der Waals surface area contributed by atoms with Gasteiger partial charge in [0, 0.05) is 36.4 Å². The number of rotatable bonds is 8. The summed E-state index contributed by atoms with van der Waals surface area (Å²) < 4.78 is 4.60. The third kappa shape index (κ3) is 4.16. The zero-order valence-electron chi connectivity index (χ0n) is 16.9. The number of phenolic OH excluding ortho intramolecular Hbond substituents is 2. The molecule has 4 nitrogen and oxygen atoms in total. The maximum absolute atomic E-state index is 9.97. The molecule has 2 aromatic heterocycles. The SMILES string of the molecule is Cc1c(-c2ccc(O)cc2)n(CCCCCCn2cccc2)c2ccc(O)cc12. The first-order chi connectivity index (χ1) is 14.1. The van der Waals surface area contributed by atoms with Crippen molar-refractivity contribution >= 4 is 10.9 Å². The predicted octanol–water partition coefficient (Wildman–Crippen LogP) is 6.09. The maximum Gasteiger partial charge on any atom is 0.116 e. The minimum absolute atomic E-state index is 0.273. The quantitative estimate of drug-likeness (QED) is 0.359. The van der Waals surface area contributed by atoms with Gasteiger partial charge in [0.05, 0.1) is 5.69 Å². The van der Waals surface area contributed by atoms with E-state index in [1.165, 1.54) is 19.3 Å². The molecule has 0 fully saturated rings. The van der Waals surface area contributed by atoms with Crippen LogP contribution in [0.4, 0.5) is 0 Å². The molecule has 0 unspecified atom stereocenters. The van der Waals surface area contributed by atoms with Crippen molar-refractivity contribution in [2.75, 3.05) is 0 Å². The van der Waals surface area contributed by atoms with Crippen LogP contribution in [0.5, 0.6) is 11.5 Å². The summed E-state index contributed by atoms with van der Waals surface area (Å²) in [5.74, 6) is 0.564. The van der Waals surface area contributed by atoms with E-state index in [1.807, 2.05) is 24.3 Å². The molecule has 0 saturated heterocycles. The van der Waals surface area contributed by atoms with E-state index in [0.29, 0.717) is 5.75 Å². The molecule has 0 amide bonds. The van der Waals surface area contributed by atoms with E-state index in [9.17, 15) is 10.2 Å². The first kappa shape index (κ1) is 19.2. The van der Waals surface area contributed by atoms with Gasteiger partial charge in [-0.25, -0.2) is 0 Å². The largest absolute Gasteiger partial charge is 0.508 e. The smallest absolute Gasteiger partial charge is 0.116 e. The van der Waals surface area contributed by atoms with Crippen LogP contribution in [0.15, 0.2) is 67.0 Å². The molecule has 0 aliphatic heterocycles. The van der Waals surface area contributed by atoms with Crippen molar-refractivity contribution in [2.24, 2.45) is 0 Å². The van der Waals surface area contributed by atoms with Gasteiger partial charge >= 0.3 is 0 Å². The second kappa shape index (κ2) is 8.48. The van der Waals surface area contributed by atoms with Crippen molar-refractivity contribution in [2.45, 2.75) is 45.7 Å². The lowest BCUT2D eigenvalue weighted by atomic mass is 10.1. The standard InChI is InChI=1S/C25H28N2O2/c1-19-23-18-22(29)12-13-24(23)27(25(19)20-8-10-21(28)11-9-20)17-5-3-2-4-14-26-15-6-7-16-26/h6-13,15-16,18,28-29H,2-5,14,17H2,1H3. The van der Waals surface area contributed by atoms with Crippen LogP contribution in [0, 0.1) is 6.92 Å². The van der Waals surface area contributed by atoms with Crippen LogP contribution in [0.3, 0.4) is 0 Å². The Bertz CT molecular complexity index is 1080. The molecule has 0 bridgehead atoms. The lowest BCUT2D eigenvalue weighted by Crippen LogP contribution is -2.01. The van der Waals surface area contributed by atoms with Crippen molar-refractivity contribution in [3.63, 3.8) is 0 Å². The highest BCUT2D eigenvalue weighted by Crippen LogP contribution is 2.35. The zero-order valence-corrected chi connectivity index (χ0v) is 16.9. The number of nitrogens with zero attached hydrogens (tertiary/aromatic N) is 2. The Hall–Kier alpha value is -3.14. The average molecular weight is 389 g/mol. The number of hydrogen-bond acceptors (Lipinski definition) is 2. The highest BCUT2D eigenvalue weighted by Gasteiger charge is 2.16. The molecule has 0 saturated carbocycles. The van der Waals surface area contributed by atoms with Crippen molar-refractivity contribution < 1.29 is 10.2 Å². The normalized spacial score (nSPS) is 11.3. The lowest BCUT2D eigenvalue weighted by molar-refractivity contribution is 0.475. The van der Waals surface area contributed by atoms with Crippen LogP contribution in [0.2, 0.25) is 0 Å². The topological polar surface area (TPSA) is 50.3 Å². The molecule has 0 spiro atoms. The number of hydrogen-bond donors (Lipinski definition) is 2. The summed E-state index contributed by atoms with van der Waals surface area (Å²) in [6.45, 7) is 4.13. The zero-order chi connectivity index (χ0) is 20.2. The van der Waals surface area contributed by atoms with Crippen LogP contribution in [0.25, 0.3) is 22.2 Å². The van der Waals surface area contributed by atoms with Gasteiger partial charge in [-0.3, -0.25) is 0 Å². The molecule has 0 radical (unpaired) electrons. The van der Waals surface area contributed by atoms with E-state index in [1.54, 1.807) is 18.2 Å². The molecule has 4 heteroatoms. The molecule has 0 aliphatic rings. The molecule has 29 heavy (non-hydrogen) atoms. The Labute approximate surface area is 171 Å². The fraction of sp³-hybridized carbons (Fsp3) is 0.280. The summed E-state index contributed by atoms with van der Waals surface area (Å²) in [4.78, 5) is 0. The fourth-order valence-corrected chi connectivity index (χ4v) is 4.17. The van der Waals surface area contributed by atoms with Crippen molar-refractivity contribution in [3.05, 3.63) is 72.6 Å². The highest BCUT2D eigenvalue weighted by molar-refractivity contribution is 5.92. The van der Waals surface area contributed by atoms with E-state index in [-0.39, 0.29) is 5.75 Å². The first-order valence-corrected chi connectivity index (χ1v) is 10.4. The molecular formula is C25H28N2O2. The van der Waals surface area contributed by atoms with E-state index in [4.69, 9.17) is 0 Å². The van der Waals surface area contributed by atoms with Crippen molar-refractivity contribution in [1.29, 1.82) is 0 Å². The Morgan fingerprint density at radius 2 is 1.41 bits per heavy atom. The third-order valence-corrected chi connectivity index (χ3v) is 5.66. The molecular weight excluding hydrogens is 360 g/mol. The molecule has 0 aliphatic carbocycles. The summed E-state index contributed by atoms with van der Waals surface area (Å²) in [5.41, 5.74) is 4.56. The van der Waals surface area contributed by atoms with Gasteiger partial charge in [0.1, 0.15) is 11.5 Å². The number of fused-ring (bicyclic) bond motifs is 1. The maximum atomic E-state index is 9.97. The lowest BCUT2D eigenvalue weighted by Gasteiger charge is -2.12. The number of benzene rings is 2. The molecule has 2 N–H and O–H groups in total. The highest BCUT2D eigenvalue weighted by atomic mass is 16.3. The fourth-order valence-electron chi connectivity index (χ4n) is 4.17. The molecule has 2 aromatic carbocycles. The van der Waals surface area contributed by atoms with E-state index in [0.717, 1.165) is 47.2 Å². The summed E-state index contributed by atoms with van der Waals surface area (Å²) in [6.07, 6.45) is 8.95. The van der Waals surface area contributed by atoms with Gasteiger partial charge < -0.3 is 19.3 Å². The second-order valence-electron chi connectivity index (χ2n) is 7.71. The molecule has 2 heterocycles. The summed E-state index contributed by atoms with van der Waals surface area (Å²) in [6, 6.07) is 17.1. The third-order valence-electron chi connectivity index (χ3n) is 5.66. The second-order valence-corrected chi connectivity index (χ2v) is 7.71. The summed E-state index contributed by atoms with van der Waals surface area (Å²) in [5, 5.41) is 20.7. The Morgan fingerprint density at radius 3 is 2.14 bits per heavy atom. The number of unbranched alkanes of at least 4 members (excludes halogenated alkanes) is 3. The monoisotopic (exact) mass is 388 g/mol. The minimum Gasteiger partial charge on any atom is -0.508 e. The average Bonchev–Trinajstić information content (AvgIpc) is 3.32. The van der Waals surface area contributed by atoms with Crippen LogP contribution in [-0.2, 0) is 13.1 Å². The van der Waals surface area contributed by atoms with Crippen LogP contribution in [-0.4, -0.2) is 19.3 Å². The summed E-state index contributed by atoms with van der Waals surface area (Å²) >= 11 is 0. The van der Waals surface area contributed by atoms with Gasteiger partial charge in [0.25, 0.3) is 0 Å². The Balaban J connectivity index is 1.52. The van der Waals surface area contributed by atoms with Gasteiger partial charge in [-0.1, -0.05) is 12.8 Å². The Morgan fingerprint density at radius 1 is 0.759 bits per heavy atom. The van der Waals surface area contributed by atoms with Crippen molar-refractivity contribution in [3.8, 4) is 22.8 Å². The van der Waals surface area contributed by atoms with Gasteiger partial charge in [-0.2, -0.15) is 0 Å². The number of aryl methyl sites for hydroxylation is 3. The minimum atomic E-state index is 0.273. The first-order valence-electron chi connectivity index (χ1n) is 10.4. The Kier molecular flexibility index (Phi) is 5.61. The molecule has 4 rings (SSSR count). The van der Waals surface area contributed by atoms with E-state index >= 15 is 0 Å². The van der Waals surface area contributed by atoms with Crippen molar-refractivity contribution in [1.82, 2.24) is 9.13 Å². The molecule has 4 aromatic rings. The summed E-state index contributed by atoms with van der Waals surface area (Å²) in [7, 11) is 0. The van der Waals surface area contributed by atoms with Gasteiger partial charge in [0.15, 0.2) is 0 Å². The molecule has 150 valence electrons. The van der Waals surface area contributed by atoms with Gasteiger partial charge in [-0.05, 0) is 85.5 Å². The van der Waals surface area contributed by atoms with E-state index < -0.39 is 0 Å². The van der Waals surface area contributed by atoms with Crippen LogP contribution >= 0.6 is 0 Å². The van der Waals surface area contributed by atoms with Crippen LogP contribution in [0.1, 0.15) is 31.2 Å². The van der Waals surface area contributed by atoms with Gasteiger partial charge in [0.2, 0.25) is 0 Å². The number of aromatic nitrogens is 2. The van der Waals surface area contributed by atoms with Gasteiger partial charge in [-0.15, -0.1) is 0 Å². The molecule has 0 atom stereocenters. The number of aromatic hydroxyl groups is 2. The number of phenols is 2. The van der Waals surface area contributed by atoms with Crippen LogP contribution < -0.4 is 0 Å². The predicted molar refractivity (Wildman–Crippen MR) is 118 cm³/mol. The van der Waals surface area contributed by atoms with E-state index in [2.05, 4.69) is 40.6 Å².